The van der Waals surface area contributed by atoms with Gasteiger partial charge in [0.2, 0.25) is 5.91 Å². The van der Waals surface area contributed by atoms with Gasteiger partial charge in [0.25, 0.3) is 0 Å². The third-order valence-corrected chi connectivity index (χ3v) is 3.64. The highest BCUT2D eigenvalue weighted by molar-refractivity contribution is 6.07. The largest absolute Gasteiger partial charge is 0.311 e. The predicted octanol–water partition coefficient (Wildman–Crippen LogP) is 2.26. The van der Waals surface area contributed by atoms with Crippen molar-refractivity contribution in [3.05, 3.63) is 29.8 Å². The zero-order valence-corrected chi connectivity index (χ0v) is 11.7. The van der Waals surface area contributed by atoms with E-state index in [0.29, 0.717) is 0 Å². The first kappa shape index (κ1) is 13.1. The number of benzene rings is 1. The van der Waals surface area contributed by atoms with E-state index < -0.39 is 0 Å². The summed E-state index contributed by atoms with van der Waals surface area (Å²) in [5.74, 6) is 0.224. The van der Waals surface area contributed by atoms with Crippen molar-refractivity contribution in [1.29, 1.82) is 0 Å². The minimum atomic E-state index is -0.380. The molecule has 0 saturated heterocycles. The van der Waals surface area contributed by atoms with Crippen LogP contribution in [0.25, 0.3) is 0 Å². The van der Waals surface area contributed by atoms with Crippen LogP contribution in [0.5, 0.6) is 0 Å². The highest BCUT2D eigenvalue weighted by Crippen LogP contribution is 2.41. The summed E-state index contributed by atoms with van der Waals surface area (Å²) >= 11 is 0. The van der Waals surface area contributed by atoms with Crippen LogP contribution in [0, 0.1) is 0 Å². The third-order valence-electron chi connectivity index (χ3n) is 3.64. The molecule has 0 saturated carbocycles. The van der Waals surface area contributed by atoms with Gasteiger partial charge < -0.3 is 9.80 Å². The maximum Gasteiger partial charge on any atom is 0.237 e. The zero-order valence-electron chi connectivity index (χ0n) is 11.7. The van der Waals surface area contributed by atoms with E-state index in [1.54, 1.807) is 0 Å². The van der Waals surface area contributed by atoms with Crippen molar-refractivity contribution in [1.82, 2.24) is 4.90 Å². The number of carbonyl (C=O) groups is 1. The minimum absolute atomic E-state index is 0.224. The van der Waals surface area contributed by atoms with Gasteiger partial charge in [-0.15, -0.1) is 0 Å². The summed E-state index contributed by atoms with van der Waals surface area (Å²) in [5.41, 5.74) is 1.86. The van der Waals surface area contributed by atoms with Crippen molar-refractivity contribution in [2.45, 2.75) is 25.7 Å². The van der Waals surface area contributed by atoms with Crippen LogP contribution >= 0.6 is 0 Å². The molecule has 18 heavy (non-hydrogen) atoms. The molecular formula is C15H22N2O. The average Bonchev–Trinajstić information content (AvgIpc) is 2.51. The molecule has 1 amide bonds. The van der Waals surface area contributed by atoms with Crippen molar-refractivity contribution in [3.63, 3.8) is 0 Å². The molecule has 1 aliphatic heterocycles. The fourth-order valence-corrected chi connectivity index (χ4v) is 2.57. The fourth-order valence-electron chi connectivity index (χ4n) is 2.57. The van der Waals surface area contributed by atoms with Gasteiger partial charge in [0.15, 0.2) is 0 Å². The molecular weight excluding hydrogens is 224 g/mol. The van der Waals surface area contributed by atoms with Crippen molar-refractivity contribution < 1.29 is 4.79 Å². The molecule has 0 radical (unpaired) electrons. The van der Waals surface area contributed by atoms with Crippen LogP contribution in [0.4, 0.5) is 5.69 Å². The van der Waals surface area contributed by atoms with Crippen LogP contribution in [0.15, 0.2) is 24.3 Å². The van der Waals surface area contributed by atoms with Gasteiger partial charge in [-0.05, 0) is 52.5 Å². The van der Waals surface area contributed by atoms with E-state index in [-0.39, 0.29) is 11.3 Å². The Kier molecular flexibility index (Phi) is 3.44. The lowest BCUT2D eigenvalue weighted by Gasteiger charge is -2.21. The normalized spacial score (nSPS) is 17.4. The number of carbonyl (C=O) groups excluding carboxylic acids is 1. The molecule has 0 unspecified atom stereocenters. The van der Waals surface area contributed by atoms with E-state index in [1.165, 1.54) is 0 Å². The Balaban J connectivity index is 2.20. The molecule has 0 atom stereocenters. The Labute approximate surface area is 109 Å². The lowest BCUT2D eigenvalue weighted by atomic mass is 9.86. The smallest absolute Gasteiger partial charge is 0.237 e. The number of rotatable bonds is 4. The van der Waals surface area contributed by atoms with Gasteiger partial charge in [-0.3, -0.25) is 4.79 Å². The maximum absolute atomic E-state index is 12.5. The summed E-state index contributed by atoms with van der Waals surface area (Å²) in [6.45, 7) is 5.84. The summed E-state index contributed by atoms with van der Waals surface area (Å²) in [6.07, 6.45) is 1.00. The second kappa shape index (κ2) is 4.73. The molecule has 1 aliphatic rings. The van der Waals surface area contributed by atoms with Gasteiger partial charge in [-0.25, -0.2) is 0 Å². The van der Waals surface area contributed by atoms with E-state index in [0.717, 1.165) is 30.8 Å². The summed E-state index contributed by atoms with van der Waals surface area (Å²) in [7, 11) is 4.12. The summed E-state index contributed by atoms with van der Waals surface area (Å²) in [4.78, 5) is 16.6. The van der Waals surface area contributed by atoms with Gasteiger partial charge >= 0.3 is 0 Å². The van der Waals surface area contributed by atoms with E-state index in [4.69, 9.17) is 0 Å². The van der Waals surface area contributed by atoms with Gasteiger partial charge in [0, 0.05) is 12.2 Å². The average molecular weight is 246 g/mol. The lowest BCUT2D eigenvalue weighted by molar-refractivity contribution is -0.122. The predicted molar refractivity (Wildman–Crippen MR) is 75.0 cm³/mol. The Morgan fingerprint density at radius 2 is 1.89 bits per heavy atom. The van der Waals surface area contributed by atoms with Crippen LogP contribution < -0.4 is 4.90 Å². The fraction of sp³-hybridized carbons (Fsp3) is 0.533. The van der Waals surface area contributed by atoms with Crippen LogP contribution in [0.1, 0.15) is 25.8 Å². The summed E-state index contributed by atoms with van der Waals surface area (Å²) < 4.78 is 0. The van der Waals surface area contributed by atoms with Gasteiger partial charge in [-0.2, -0.15) is 0 Å². The Bertz CT molecular complexity index is 452. The first-order valence-electron chi connectivity index (χ1n) is 6.51. The van der Waals surface area contributed by atoms with Crippen molar-refractivity contribution in [3.8, 4) is 0 Å². The second-order valence-corrected chi connectivity index (χ2v) is 5.76. The third kappa shape index (κ3) is 2.15. The SMILES string of the molecule is CN(C)CCCN1C(=O)C(C)(C)c2ccccc21. The number of fused-ring (bicyclic) bond motifs is 1. The lowest BCUT2D eigenvalue weighted by Crippen LogP contribution is -2.37. The van der Waals surface area contributed by atoms with E-state index in [9.17, 15) is 4.79 Å². The number of hydrogen-bond donors (Lipinski definition) is 0. The molecule has 0 N–H and O–H groups in total. The molecule has 0 bridgehead atoms. The maximum atomic E-state index is 12.5. The summed E-state index contributed by atoms with van der Waals surface area (Å²) in [5, 5.41) is 0. The Hall–Kier alpha value is -1.35. The number of nitrogens with zero attached hydrogens (tertiary/aromatic N) is 2. The minimum Gasteiger partial charge on any atom is -0.311 e. The van der Waals surface area contributed by atoms with Crippen LogP contribution in [0.3, 0.4) is 0 Å². The molecule has 1 aromatic carbocycles. The molecule has 0 aromatic heterocycles. The van der Waals surface area contributed by atoms with Crippen LogP contribution in [0.2, 0.25) is 0 Å². The molecule has 0 spiro atoms. The molecule has 98 valence electrons. The topological polar surface area (TPSA) is 23.6 Å². The van der Waals surface area contributed by atoms with Gasteiger partial charge in [-0.1, -0.05) is 18.2 Å². The number of anilines is 1. The van der Waals surface area contributed by atoms with Crippen molar-refractivity contribution >= 4 is 11.6 Å². The van der Waals surface area contributed by atoms with Crippen molar-refractivity contribution in [2.75, 3.05) is 32.1 Å². The summed E-state index contributed by atoms with van der Waals surface area (Å²) in [6, 6.07) is 8.14. The van der Waals surface area contributed by atoms with Crippen LogP contribution in [-0.2, 0) is 10.2 Å². The monoisotopic (exact) mass is 246 g/mol. The molecule has 0 aliphatic carbocycles. The van der Waals surface area contributed by atoms with Crippen LogP contribution in [-0.4, -0.2) is 38.0 Å². The first-order chi connectivity index (χ1) is 8.44. The second-order valence-electron chi connectivity index (χ2n) is 5.76. The molecule has 3 nitrogen and oxygen atoms in total. The molecule has 0 fully saturated rings. The number of amides is 1. The molecule has 1 heterocycles. The zero-order chi connectivity index (χ0) is 13.3. The highest BCUT2D eigenvalue weighted by atomic mass is 16.2. The molecule has 1 aromatic rings. The van der Waals surface area contributed by atoms with Gasteiger partial charge in [0.05, 0.1) is 5.41 Å². The first-order valence-corrected chi connectivity index (χ1v) is 6.51. The van der Waals surface area contributed by atoms with E-state index in [1.807, 2.05) is 30.9 Å². The van der Waals surface area contributed by atoms with E-state index in [2.05, 4.69) is 31.1 Å². The van der Waals surface area contributed by atoms with E-state index >= 15 is 0 Å². The molecule has 2 rings (SSSR count). The molecule has 3 heteroatoms. The van der Waals surface area contributed by atoms with Crippen molar-refractivity contribution in [2.24, 2.45) is 0 Å². The van der Waals surface area contributed by atoms with Gasteiger partial charge in [0.1, 0.15) is 0 Å². The standard InChI is InChI=1S/C15H22N2O/c1-15(2)12-8-5-6-9-13(12)17(14(15)18)11-7-10-16(3)4/h5-6,8-9H,7,10-11H2,1-4H3. The highest BCUT2D eigenvalue weighted by Gasteiger charge is 2.43. The Morgan fingerprint density at radius 3 is 2.56 bits per heavy atom. The number of hydrogen-bond acceptors (Lipinski definition) is 2. The quantitative estimate of drug-likeness (QED) is 0.813. The number of para-hydroxylation sites is 1. The Morgan fingerprint density at radius 1 is 1.22 bits per heavy atom.